The molecule has 2 amide bonds. The minimum absolute atomic E-state index is 0.0619. The Morgan fingerprint density at radius 1 is 0.955 bits per heavy atom. The first-order valence-corrected chi connectivity index (χ1v) is 16.3. The molecule has 5 atom stereocenters. The maximum Gasteiger partial charge on any atom is 0.307 e. The predicted molar refractivity (Wildman–Crippen MR) is 169 cm³/mol. The van der Waals surface area contributed by atoms with Gasteiger partial charge in [0.2, 0.25) is 17.2 Å². The van der Waals surface area contributed by atoms with Crippen molar-refractivity contribution >= 4 is 52.3 Å². The summed E-state index contributed by atoms with van der Waals surface area (Å²) in [6.45, 7) is 0.307. The lowest BCUT2D eigenvalue weighted by atomic mass is 9.76. The molecule has 0 spiro atoms. The molecule has 232 valence electrons. The van der Waals surface area contributed by atoms with E-state index in [1.807, 2.05) is 12.1 Å². The molecule has 2 aliphatic rings. The molecule has 1 unspecified atom stereocenters. The van der Waals surface area contributed by atoms with Crippen LogP contribution in [0.5, 0.6) is 0 Å². The van der Waals surface area contributed by atoms with Gasteiger partial charge in [-0.2, -0.15) is 0 Å². The maximum absolute atomic E-state index is 14.3. The smallest absolute Gasteiger partial charge is 0.307 e. The van der Waals surface area contributed by atoms with E-state index in [4.69, 9.17) is 28.3 Å². The minimum atomic E-state index is -2.29. The number of nitrogens with one attached hydrogen (secondary N) is 2. The lowest BCUT2D eigenvalue weighted by molar-refractivity contribution is -0.136. The van der Waals surface area contributed by atoms with Crippen molar-refractivity contribution in [1.82, 2.24) is 14.9 Å². The predicted octanol–water partition coefficient (Wildman–Crippen LogP) is 5.30. The Morgan fingerprint density at radius 3 is 2.36 bits per heavy atom. The van der Waals surface area contributed by atoms with Gasteiger partial charge in [-0.3, -0.25) is 18.9 Å². The third-order valence-electron chi connectivity index (χ3n) is 8.37. The molecule has 9 nitrogen and oxygen atoms in total. The number of benzene rings is 3. The van der Waals surface area contributed by atoms with Crippen molar-refractivity contribution in [2.45, 2.75) is 62.6 Å². The van der Waals surface area contributed by atoms with E-state index in [0.717, 1.165) is 18.4 Å². The average molecular weight is 659 g/mol. The van der Waals surface area contributed by atoms with Crippen LogP contribution in [0.2, 0.25) is 10.0 Å². The highest BCUT2D eigenvalue weighted by Crippen LogP contribution is 2.47. The van der Waals surface area contributed by atoms with E-state index < -0.39 is 41.3 Å². The second-order valence-corrected chi connectivity index (χ2v) is 12.7. The number of hydrogen-bond donors (Lipinski definition) is 4. The van der Waals surface area contributed by atoms with E-state index in [1.54, 1.807) is 59.5 Å². The number of halogens is 2. The van der Waals surface area contributed by atoms with Crippen molar-refractivity contribution in [3.8, 4) is 0 Å². The molecule has 5 rings (SSSR count). The lowest BCUT2D eigenvalue weighted by Gasteiger charge is -2.49. The molecule has 0 saturated heterocycles. The number of rotatable bonds is 10. The SMILES string of the molecule is O=C(O)Cc1ccc(CCNC(=O)[C@@H]2c3ccccc3C(=O)N([C@H]3CCCC[C@@H]3NS(=O)O)[C@H]2c2ccc(Cl)cc2Cl)cc1. The van der Waals surface area contributed by atoms with Crippen molar-refractivity contribution in [3.05, 3.63) is 105 Å². The van der Waals surface area contributed by atoms with E-state index in [0.29, 0.717) is 58.1 Å². The summed E-state index contributed by atoms with van der Waals surface area (Å²) in [4.78, 5) is 41.2. The molecule has 4 N–H and O–H groups in total. The molecule has 3 aromatic rings. The van der Waals surface area contributed by atoms with E-state index >= 15 is 0 Å². The van der Waals surface area contributed by atoms with Crippen LogP contribution in [0.3, 0.4) is 0 Å². The number of carbonyl (C=O) groups excluding carboxylic acids is 2. The number of fused-ring (bicyclic) bond motifs is 1. The lowest BCUT2D eigenvalue weighted by Crippen LogP contribution is -2.58. The highest BCUT2D eigenvalue weighted by molar-refractivity contribution is 7.77. The summed E-state index contributed by atoms with van der Waals surface area (Å²) in [5.74, 6) is -2.30. The van der Waals surface area contributed by atoms with Gasteiger partial charge in [0.1, 0.15) is 0 Å². The summed E-state index contributed by atoms with van der Waals surface area (Å²) in [5, 5.41) is 12.8. The van der Waals surface area contributed by atoms with Crippen LogP contribution in [0.4, 0.5) is 0 Å². The molecule has 1 saturated carbocycles. The molecule has 44 heavy (non-hydrogen) atoms. The second kappa shape index (κ2) is 14.2. The van der Waals surface area contributed by atoms with Crippen LogP contribution in [0.1, 0.15) is 70.3 Å². The normalized spacial score (nSPS) is 22.2. The minimum Gasteiger partial charge on any atom is -0.481 e. The highest BCUT2D eigenvalue weighted by Gasteiger charge is 2.49. The monoisotopic (exact) mass is 657 g/mol. The number of aliphatic carboxylic acids is 1. The number of carbonyl (C=O) groups is 3. The third-order valence-corrected chi connectivity index (χ3v) is 9.44. The Labute approximate surface area is 268 Å². The average Bonchev–Trinajstić information content (AvgIpc) is 2.98. The van der Waals surface area contributed by atoms with Crippen molar-refractivity contribution in [1.29, 1.82) is 0 Å². The molecular weight excluding hydrogens is 625 g/mol. The molecule has 0 aromatic heterocycles. The Bertz CT molecular complexity index is 1570. The summed E-state index contributed by atoms with van der Waals surface area (Å²) >= 11 is 10.7. The van der Waals surface area contributed by atoms with Crippen LogP contribution >= 0.6 is 23.2 Å². The van der Waals surface area contributed by atoms with Gasteiger partial charge in [-0.25, -0.2) is 8.93 Å². The van der Waals surface area contributed by atoms with Gasteiger partial charge in [0.15, 0.2) is 0 Å². The van der Waals surface area contributed by atoms with Gasteiger partial charge in [-0.15, -0.1) is 0 Å². The van der Waals surface area contributed by atoms with Crippen LogP contribution in [-0.2, 0) is 33.7 Å². The van der Waals surface area contributed by atoms with Crippen LogP contribution in [0.25, 0.3) is 0 Å². The summed E-state index contributed by atoms with van der Waals surface area (Å²) < 4.78 is 24.3. The van der Waals surface area contributed by atoms with Crippen LogP contribution in [0.15, 0.2) is 66.7 Å². The number of amides is 2. The summed E-state index contributed by atoms with van der Waals surface area (Å²) in [6.07, 6.45) is 3.27. The quantitative estimate of drug-likeness (QED) is 0.219. The molecule has 1 fully saturated rings. The van der Waals surface area contributed by atoms with Gasteiger partial charge < -0.3 is 15.3 Å². The number of carboxylic acids is 1. The zero-order valence-corrected chi connectivity index (χ0v) is 26.1. The van der Waals surface area contributed by atoms with Crippen molar-refractivity contribution in [2.24, 2.45) is 0 Å². The van der Waals surface area contributed by atoms with Gasteiger partial charge in [0.25, 0.3) is 5.91 Å². The number of hydrogen-bond acceptors (Lipinski definition) is 4. The zero-order valence-electron chi connectivity index (χ0n) is 23.7. The first-order valence-electron chi connectivity index (χ1n) is 14.4. The number of nitrogens with zero attached hydrogens (tertiary/aromatic N) is 1. The fourth-order valence-electron chi connectivity index (χ4n) is 6.42. The van der Waals surface area contributed by atoms with Crippen LogP contribution < -0.4 is 10.0 Å². The summed E-state index contributed by atoms with van der Waals surface area (Å²) in [6, 6.07) is 17.5. The standard InChI is InChI=1S/C32H33Cl2N3O6S/c33-21-13-14-24(25(34)18-21)30-29(31(40)35-16-15-19-9-11-20(12-10-19)17-28(38)39)22-5-1-2-6-23(22)32(41)37(30)27-8-4-3-7-26(27)36-44(42)43/h1-2,5-6,9-14,18,26-27,29-30,36H,3-4,7-8,15-17H2,(H,35,40)(H,38,39)(H,42,43)/t26-,27-,29+,30-/m0/s1. The largest absolute Gasteiger partial charge is 0.481 e. The highest BCUT2D eigenvalue weighted by atomic mass is 35.5. The van der Waals surface area contributed by atoms with Crippen LogP contribution in [-0.4, -0.2) is 55.2 Å². The van der Waals surface area contributed by atoms with E-state index in [9.17, 15) is 23.1 Å². The van der Waals surface area contributed by atoms with Gasteiger partial charge in [0, 0.05) is 34.2 Å². The third kappa shape index (κ3) is 7.16. The summed E-state index contributed by atoms with van der Waals surface area (Å²) in [5.41, 5.74) is 3.16. The second-order valence-electron chi connectivity index (χ2n) is 11.1. The van der Waals surface area contributed by atoms with Gasteiger partial charge in [-0.1, -0.05) is 84.6 Å². The van der Waals surface area contributed by atoms with E-state index in [2.05, 4.69) is 10.0 Å². The Hall–Kier alpha value is -3.28. The molecule has 1 aliphatic heterocycles. The van der Waals surface area contributed by atoms with Gasteiger partial charge in [0.05, 0.1) is 18.4 Å². The molecule has 3 aromatic carbocycles. The first kappa shape index (κ1) is 32.1. The molecule has 12 heteroatoms. The Morgan fingerprint density at radius 2 is 1.66 bits per heavy atom. The zero-order chi connectivity index (χ0) is 31.4. The van der Waals surface area contributed by atoms with Crippen molar-refractivity contribution in [2.75, 3.05) is 6.54 Å². The van der Waals surface area contributed by atoms with Gasteiger partial charge in [-0.05, 0) is 59.7 Å². The Kier molecular flexibility index (Phi) is 10.4. The van der Waals surface area contributed by atoms with Crippen molar-refractivity contribution < 1.29 is 28.3 Å². The number of carboxylic acid groups (broad SMARTS) is 1. The van der Waals surface area contributed by atoms with Gasteiger partial charge >= 0.3 is 5.97 Å². The molecular formula is C32H33Cl2N3O6S. The first-order chi connectivity index (χ1) is 21.1. The molecule has 0 radical (unpaired) electrons. The maximum atomic E-state index is 14.3. The van der Waals surface area contributed by atoms with E-state index in [1.165, 1.54) is 0 Å². The van der Waals surface area contributed by atoms with Crippen LogP contribution in [0, 0.1) is 0 Å². The topological polar surface area (TPSA) is 136 Å². The molecule has 1 heterocycles. The van der Waals surface area contributed by atoms with Crippen molar-refractivity contribution in [3.63, 3.8) is 0 Å². The fraction of sp³-hybridized carbons (Fsp3) is 0.344. The Balaban J connectivity index is 1.51. The fourth-order valence-corrected chi connectivity index (χ4v) is 7.48. The van der Waals surface area contributed by atoms with E-state index in [-0.39, 0.29) is 18.2 Å². The summed E-state index contributed by atoms with van der Waals surface area (Å²) in [7, 11) is 0. The molecule has 0 bridgehead atoms. The molecule has 1 aliphatic carbocycles.